The Labute approximate surface area is 95.5 Å². The third-order valence-electron chi connectivity index (χ3n) is 1.26. The van der Waals surface area contributed by atoms with E-state index in [2.05, 4.69) is 14.9 Å². The quantitative estimate of drug-likeness (QED) is 0.623. The Morgan fingerprint density at radius 1 is 1.00 bits per heavy atom. The molecule has 1 rings (SSSR count). The Morgan fingerprint density at radius 2 is 1.47 bits per heavy atom. The average Bonchev–Trinajstić information content (AvgIpc) is 2.06. The van der Waals surface area contributed by atoms with E-state index in [4.69, 9.17) is 11.6 Å². The van der Waals surface area contributed by atoms with Gasteiger partial charge >= 0.3 is 17.2 Å². The maximum Gasteiger partial charge on any atom is 0.433 e. The van der Waals surface area contributed by atoms with Crippen molar-refractivity contribution in [3.8, 4) is 5.75 Å². The van der Waals surface area contributed by atoms with Crippen LogP contribution in [0.3, 0.4) is 0 Å². The van der Waals surface area contributed by atoms with Crippen LogP contribution >= 0.6 is 22.3 Å². The first-order valence-corrected chi connectivity index (χ1v) is 7.98. The van der Waals surface area contributed by atoms with E-state index in [0.29, 0.717) is 5.02 Å². The number of hydrogen-bond donors (Lipinski definition) is 0. The standard InChI is InChI=1S/C6H4Cl2O5S2/c7-5-1-3-6(4-2-5)13-15(11,12)14(8,9)10/h1-4H. The van der Waals surface area contributed by atoms with Crippen molar-refractivity contribution in [2.45, 2.75) is 0 Å². The molecule has 0 amide bonds. The summed E-state index contributed by atoms with van der Waals surface area (Å²) in [6.45, 7) is 0. The summed E-state index contributed by atoms with van der Waals surface area (Å²) in [6, 6.07) is 5.07. The minimum absolute atomic E-state index is 0.191. The molecular weight excluding hydrogens is 287 g/mol. The number of benzene rings is 1. The van der Waals surface area contributed by atoms with Crippen molar-refractivity contribution in [3.05, 3.63) is 29.3 Å². The van der Waals surface area contributed by atoms with Gasteiger partial charge in [-0.15, -0.1) is 0 Å². The van der Waals surface area contributed by atoms with E-state index in [9.17, 15) is 16.8 Å². The molecule has 0 spiro atoms. The lowest BCUT2D eigenvalue weighted by Crippen LogP contribution is -2.16. The van der Waals surface area contributed by atoms with Crippen molar-refractivity contribution >= 4 is 39.5 Å². The van der Waals surface area contributed by atoms with Crippen LogP contribution in [0.2, 0.25) is 5.02 Å². The van der Waals surface area contributed by atoms with Crippen LogP contribution in [0.5, 0.6) is 5.75 Å². The third-order valence-corrected chi connectivity index (χ3v) is 5.45. The van der Waals surface area contributed by atoms with Gasteiger partial charge in [-0.2, -0.15) is 16.8 Å². The van der Waals surface area contributed by atoms with Crippen LogP contribution < -0.4 is 4.18 Å². The third kappa shape index (κ3) is 3.23. The highest BCUT2D eigenvalue weighted by molar-refractivity contribution is 8.74. The summed E-state index contributed by atoms with van der Waals surface area (Å²) in [5.74, 6) is -0.191. The zero-order chi connectivity index (χ0) is 11.7. The maximum atomic E-state index is 10.9. The van der Waals surface area contributed by atoms with Crippen molar-refractivity contribution < 1.29 is 21.0 Å². The van der Waals surface area contributed by atoms with Crippen molar-refractivity contribution in [3.63, 3.8) is 0 Å². The summed E-state index contributed by atoms with van der Waals surface area (Å²) in [4.78, 5) is 0. The Bertz CT molecular complexity index is 546. The molecule has 1 aromatic rings. The van der Waals surface area contributed by atoms with Crippen molar-refractivity contribution in [2.24, 2.45) is 0 Å². The predicted molar refractivity (Wildman–Crippen MR) is 55.8 cm³/mol. The first kappa shape index (κ1) is 12.6. The number of halogens is 2. The lowest BCUT2D eigenvalue weighted by atomic mass is 10.3. The van der Waals surface area contributed by atoms with E-state index in [1.807, 2.05) is 0 Å². The molecule has 0 fully saturated rings. The molecule has 0 atom stereocenters. The van der Waals surface area contributed by atoms with Crippen LogP contribution in [0.15, 0.2) is 24.3 Å². The lowest BCUT2D eigenvalue weighted by molar-refractivity contribution is 0.497. The van der Waals surface area contributed by atoms with Crippen molar-refractivity contribution in [1.82, 2.24) is 0 Å². The molecule has 0 saturated heterocycles. The predicted octanol–water partition coefficient (Wildman–Crippen LogP) is 1.53. The highest BCUT2D eigenvalue weighted by atomic mass is 35.8. The van der Waals surface area contributed by atoms with Crippen LogP contribution in [-0.4, -0.2) is 16.8 Å². The number of hydrogen-bond acceptors (Lipinski definition) is 5. The normalized spacial score (nSPS) is 12.4. The molecule has 0 radical (unpaired) electrons. The average molecular weight is 291 g/mol. The topological polar surface area (TPSA) is 77.5 Å². The first-order chi connectivity index (χ1) is 6.72. The van der Waals surface area contributed by atoms with Crippen LogP contribution in [0.1, 0.15) is 0 Å². The minimum Gasteiger partial charge on any atom is -0.371 e. The van der Waals surface area contributed by atoms with Crippen molar-refractivity contribution in [2.75, 3.05) is 0 Å². The van der Waals surface area contributed by atoms with E-state index in [0.717, 1.165) is 0 Å². The highest BCUT2D eigenvalue weighted by Gasteiger charge is 2.29. The summed E-state index contributed by atoms with van der Waals surface area (Å²) >= 11 is 5.52. The van der Waals surface area contributed by atoms with Gasteiger partial charge in [-0.1, -0.05) is 11.6 Å². The molecule has 0 N–H and O–H groups in total. The van der Waals surface area contributed by atoms with E-state index in [1.54, 1.807) is 0 Å². The summed E-state index contributed by atoms with van der Waals surface area (Å²) in [5.41, 5.74) is 0. The molecule has 0 saturated carbocycles. The van der Waals surface area contributed by atoms with Gasteiger partial charge in [0.2, 0.25) is 0 Å². The van der Waals surface area contributed by atoms with E-state index in [-0.39, 0.29) is 5.75 Å². The molecule has 0 aromatic heterocycles. The van der Waals surface area contributed by atoms with E-state index in [1.165, 1.54) is 24.3 Å². The fraction of sp³-hybridized carbons (Fsp3) is 0. The second-order valence-electron chi connectivity index (χ2n) is 2.34. The maximum absolute atomic E-state index is 10.9. The zero-order valence-electron chi connectivity index (χ0n) is 6.92. The SMILES string of the molecule is O=S(=O)(Cl)S(=O)(=O)Oc1ccc(Cl)cc1. The molecular formula is C6H4Cl2O5S2. The van der Waals surface area contributed by atoms with Gasteiger partial charge in [-0.25, -0.2) is 0 Å². The van der Waals surface area contributed by atoms with Gasteiger partial charge in [0.1, 0.15) is 5.75 Å². The Kier molecular flexibility index (Phi) is 3.49. The summed E-state index contributed by atoms with van der Waals surface area (Å²) < 4.78 is 47.2. The van der Waals surface area contributed by atoms with Gasteiger partial charge in [0.25, 0.3) is 0 Å². The molecule has 0 aliphatic rings. The molecule has 84 valence electrons. The van der Waals surface area contributed by atoms with Gasteiger partial charge in [0.15, 0.2) is 0 Å². The van der Waals surface area contributed by atoms with Crippen molar-refractivity contribution in [1.29, 1.82) is 0 Å². The first-order valence-electron chi connectivity index (χ1n) is 3.37. The molecule has 9 heteroatoms. The van der Waals surface area contributed by atoms with Crippen LogP contribution in [-0.2, 0) is 17.2 Å². The monoisotopic (exact) mass is 290 g/mol. The van der Waals surface area contributed by atoms with Crippen LogP contribution in [0, 0.1) is 0 Å². The van der Waals surface area contributed by atoms with Crippen LogP contribution in [0.25, 0.3) is 0 Å². The summed E-state index contributed by atoms with van der Waals surface area (Å²) in [5, 5.41) is 0.355. The Hall–Kier alpha value is -0.500. The van der Waals surface area contributed by atoms with E-state index < -0.39 is 17.2 Å². The van der Waals surface area contributed by atoms with Gasteiger partial charge < -0.3 is 4.18 Å². The smallest absolute Gasteiger partial charge is 0.371 e. The minimum atomic E-state index is -4.87. The van der Waals surface area contributed by atoms with Gasteiger partial charge in [-0.3, -0.25) is 0 Å². The van der Waals surface area contributed by atoms with E-state index >= 15 is 0 Å². The highest BCUT2D eigenvalue weighted by Crippen LogP contribution is 2.20. The van der Waals surface area contributed by atoms with Gasteiger partial charge in [0, 0.05) is 15.7 Å². The molecule has 0 heterocycles. The second kappa shape index (κ2) is 4.17. The Morgan fingerprint density at radius 3 is 1.87 bits per heavy atom. The molecule has 15 heavy (non-hydrogen) atoms. The largest absolute Gasteiger partial charge is 0.433 e. The second-order valence-corrected chi connectivity index (χ2v) is 8.85. The Balaban J connectivity index is 3.03. The molecule has 1 aromatic carbocycles. The lowest BCUT2D eigenvalue weighted by Gasteiger charge is -2.02. The van der Waals surface area contributed by atoms with Gasteiger partial charge in [-0.05, 0) is 24.3 Å². The molecule has 0 bridgehead atoms. The summed E-state index contributed by atoms with van der Waals surface area (Å²) in [7, 11) is -5.05. The fourth-order valence-electron chi connectivity index (χ4n) is 0.649. The number of rotatable bonds is 3. The molecule has 0 aliphatic carbocycles. The molecule has 0 aliphatic heterocycles. The fourth-order valence-corrected chi connectivity index (χ4v) is 1.91. The zero-order valence-corrected chi connectivity index (χ0v) is 10.1. The van der Waals surface area contributed by atoms with Gasteiger partial charge in [0.05, 0.1) is 0 Å². The summed E-state index contributed by atoms with van der Waals surface area (Å²) in [6.07, 6.45) is 0. The van der Waals surface area contributed by atoms with Crippen LogP contribution in [0.4, 0.5) is 0 Å². The molecule has 0 unspecified atom stereocenters. The molecule has 5 nitrogen and oxygen atoms in total.